The van der Waals surface area contributed by atoms with Crippen molar-refractivity contribution < 1.29 is 12.8 Å². The third-order valence-electron chi connectivity index (χ3n) is 5.26. The SMILES string of the molecule is NC1=c2ccoc2=NC(c2cccc(S(N)(=O)=O)c2)N1c1ccc(-c2ccccn2)cc1. The van der Waals surface area contributed by atoms with E-state index in [1.165, 1.54) is 18.4 Å². The van der Waals surface area contributed by atoms with Crippen LogP contribution >= 0.6 is 0 Å². The number of aromatic nitrogens is 1. The van der Waals surface area contributed by atoms with Gasteiger partial charge in [-0.2, -0.15) is 0 Å². The second-order valence-electron chi connectivity index (χ2n) is 7.28. The van der Waals surface area contributed by atoms with Crippen LogP contribution in [0.4, 0.5) is 5.69 Å². The predicted molar refractivity (Wildman–Crippen MR) is 120 cm³/mol. The van der Waals surface area contributed by atoms with Gasteiger partial charge in [0.2, 0.25) is 15.6 Å². The van der Waals surface area contributed by atoms with E-state index in [1.807, 2.05) is 47.4 Å². The first kappa shape index (κ1) is 20.0. The second-order valence-corrected chi connectivity index (χ2v) is 8.84. The average molecular weight is 446 g/mol. The smallest absolute Gasteiger partial charge is 0.238 e. The van der Waals surface area contributed by atoms with Crippen molar-refractivity contribution in [3.8, 4) is 11.3 Å². The number of hydrogen-bond donors (Lipinski definition) is 2. The molecule has 1 unspecified atom stereocenters. The monoisotopic (exact) mass is 445 g/mol. The normalized spacial score (nSPS) is 15.8. The van der Waals surface area contributed by atoms with Gasteiger partial charge in [0.1, 0.15) is 5.82 Å². The average Bonchev–Trinajstić information content (AvgIpc) is 3.29. The second kappa shape index (κ2) is 7.63. The maximum Gasteiger partial charge on any atom is 0.238 e. The highest BCUT2D eigenvalue weighted by atomic mass is 32.2. The van der Waals surface area contributed by atoms with Crippen molar-refractivity contribution in [2.24, 2.45) is 15.9 Å². The molecular formula is C23H19N5O3S. The Morgan fingerprint density at radius 1 is 0.969 bits per heavy atom. The third kappa shape index (κ3) is 3.53. The Labute approximate surface area is 184 Å². The maximum absolute atomic E-state index is 11.9. The first-order chi connectivity index (χ1) is 15.4. The van der Waals surface area contributed by atoms with Gasteiger partial charge in [0.05, 0.1) is 22.1 Å². The van der Waals surface area contributed by atoms with Gasteiger partial charge in [-0.15, -0.1) is 0 Å². The van der Waals surface area contributed by atoms with E-state index in [0.717, 1.165) is 16.9 Å². The minimum atomic E-state index is -3.87. The van der Waals surface area contributed by atoms with E-state index in [9.17, 15) is 8.42 Å². The number of furan rings is 1. The van der Waals surface area contributed by atoms with Gasteiger partial charge in [-0.3, -0.25) is 4.98 Å². The van der Waals surface area contributed by atoms with Crippen molar-refractivity contribution in [3.63, 3.8) is 0 Å². The van der Waals surface area contributed by atoms with Crippen LogP contribution in [0.2, 0.25) is 0 Å². The fraction of sp³-hybridized carbons (Fsp3) is 0.0435. The molecule has 2 aromatic heterocycles. The molecule has 4 aromatic rings. The van der Waals surface area contributed by atoms with E-state index in [0.29, 0.717) is 22.2 Å². The lowest BCUT2D eigenvalue weighted by Gasteiger charge is -2.33. The van der Waals surface area contributed by atoms with Crippen LogP contribution in [0.1, 0.15) is 11.7 Å². The zero-order valence-corrected chi connectivity index (χ0v) is 17.6. The van der Waals surface area contributed by atoms with Crippen LogP contribution in [0.25, 0.3) is 17.1 Å². The molecule has 3 heterocycles. The van der Waals surface area contributed by atoms with Gasteiger partial charge in [-0.25, -0.2) is 18.5 Å². The minimum absolute atomic E-state index is 0.000497. The molecule has 4 N–H and O–H groups in total. The van der Waals surface area contributed by atoms with Gasteiger partial charge in [0.25, 0.3) is 0 Å². The molecule has 8 nitrogen and oxygen atoms in total. The standard InChI is InChI=1S/C23H19N5O3S/c24-21-19-11-13-31-23(19)27-22(16-4-3-5-18(14-16)32(25,29)30)28(21)17-9-7-15(8-10-17)20-6-1-2-12-26-20/h1-14,22H,24H2,(H2,25,29,30). The van der Waals surface area contributed by atoms with Crippen LogP contribution in [0, 0.1) is 0 Å². The van der Waals surface area contributed by atoms with Gasteiger partial charge in [-0.1, -0.05) is 30.3 Å². The summed E-state index contributed by atoms with van der Waals surface area (Å²) in [5.74, 6) is 0.445. The lowest BCUT2D eigenvalue weighted by molar-refractivity contribution is 0.483. The van der Waals surface area contributed by atoms with Crippen LogP contribution in [-0.4, -0.2) is 13.4 Å². The van der Waals surface area contributed by atoms with Crippen LogP contribution in [0.15, 0.2) is 99.6 Å². The molecule has 0 amide bonds. The highest BCUT2D eigenvalue weighted by Crippen LogP contribution is 2.33. The fourth-order valence-corrected chi connectivity index (χ4v) is 4.28. The van der Waals surface area contributed by atoms with Crippen LogP contribution in [0.3, 0.4) is 0 Å². The zero-order valence-electron chi connectivity index (χ0n) is 16.8. The van der Waals surface area contributed by atoms with E-state index in [1.54, 1.807) is 24.4 Å². The lowest BCUT2D eigenvalue weighted by Crippen LogP contribution is -2.43. The first-order valence-corrected chi connectivity index (χ1v) is 11.3. The Bertz CT molecular complexity index is 1510. The van der Waals surface area contributed by atoms with Crippen LogP contribution < -0.4 is 26.5 Å². The van der Waals surface area contributed by atoms with E-state index in [-0.39, 0.29) is 4.90 Å². The molecule has 9 heteroatoms. The molecule has 0 aliphatic carbocycles. The zero-order chi connectivity index (χ0) is 22.3. The van der Waals surface area contributed by atoms with Crippen LogP contribution in [0.5, 0.6) is 0 Å². The van der Waals surface area contributed by atoms with Crippen LogP contribution in [-0.2, 0) is 10.0 Å². The number of benzene rings is 2. The van der Waals surface area contributed by atoms with Crippen molar-refractivity contribution in [2.45, 2.75) is 11.1 Å². The quantitative estimate of drug-likeness (QED) is 0.493. The summed E-state index contributed by atoms with van der Waals surface area (Å²) in [6, 6.07) is 21.6. The number of pyridine rings is 1. The number of anilines is 1. The molecule has 0 radical (unpaired) electrons. The number of hydrogen-bond acceptors (Lipinski definition) is 7. The number of sulfonamides is 1. The van der Waals surface area contributed by atoms with Gasteiger partial charge >= 0.3 is 0 Å². The van der Waals surface area contributed by atoms with E-state index >= 15 is 0 Å². The Balaban J connectivity index is 1.64. The van der Waals surface area contributed by atoms with Gasteiger partial charge < -0.3 is 15.1 Å². The van der Waals surface area contributed by atoms with Crippen molar-refractivity contribution >= 4 is 21.5 Å². The number of fused-ring (bicyclic) bond motifs is 1. The van der Waals surface area contributed by atoms with Gasteiger partial charge in [-0.05, 0) is 48.0 Å². The summed E-state index contributed by atoms with van der Waals surface area (Å²) in [6.45, 7) is 0. The largest absolute Gasteiger partial charge is 0.446 e. The van der Waals surface area contributed by atoms with E-state index in [4.69, 9.17) is 20.3 Å². The Kier molecular flexibility index (Phi) is 4.76. The van der Waals surface area contributed by atoms with Crippen molar-refractivity contribution in [1.29, 1.82) is 0 Å². The molecule has 1 aliphatic heterocycles. The summed E-state index contributed by atoms with van der Waals surface area (Å²) in [5, 5.41) is 6.00. The van der Waals surface area contributed by atoms with Crippen molar-refractivity contribution in [3.05, 3.63) is 102 Å². The third-order valence-corrected chi connectivity index (χ3v) is 6.17. The molecule has 0 bridgehead atoms. The molecule has 32 heavy (non-hydrogen) atoms. The summed E-state index contributed by atoms with van der Waals surface area (Å²) < 4.78 is 29.3. The number of rotatable bonds is 4. The Hall–Kier alpha value is -3.95. The molecule has 0 saturated carbocycles. The Morgan fingerprint density at radius 3 is 2.50 bits per heavy atom. The summed E-state index contributed by atoms with van der Waals surface area (Å²) in [7, 11) is -3.87. The van der Waals surface area contributed by atoms with Crippen molar-refractivity contribution in [1.82, 2.24) is 4.98 Å². The lowest BCUT2D eigenvalue weighted by atomic mass is 10.1. The molecular weight excluding hydrogens is 426 g/mol. The summed E-state index contributed by atoms with van der Waals surface area (Å²) in [5.41, 5.74) is 10.1. The highest BCUT2D eigenvalue weighted by molar-refractivity contribution is 7.89. The van der Waals surface area contributed by atoms with Crippen molar-refractivity contribution in [2.75, 3.05) is 4.90 Å². The summed E-state index contributed by atoms with van der Waals surface area (Å²) in [6.07, 6.45) is 2.62. The van der Waals surface area contributed by atoms with E-state index in [2.05, 4.69) is 4.98 Å². The highest BCUT2D eigenvalue weighted by Gasteiger charge is 2.28. The number of nitrogens with zero attached hydrogens (tertiary/aromatic N) is 3. The number of nitrogens with two attached hydrogens (primary N) is 2. The molecule has 5 rings (SSSR count). The summed E-state index contributed by atoms with van der Waals surface area (Å²) >= 11 is 0. The summed E-state index contributed by atoms with van der Waals surface area (Å²) in [4.78, 5) is 10.9. The molecule has 0 spiro atoms. The molecule has 1 atom stereocenters. The van der Waals surface area contributed by atoms with Gasteiger partial charge in [0.15, 0.2) is 6.17 Å². The fourth-order valence-electron chi connectivity index (χ4n) is 3.71. The van der Waals surface area contributed by atoms with Gasteiger partial charge in [0, 0.05) is 17.4 Å². The number of primary sulfonamides is 1. The topological polar surface area (TPSA) is 128 Å². The Morgan fingerprint density at radius 2 is 1.78 bits per heavy atom. The molecule has 1 aliphatic rings. The maximum atomic E-state index is 11.9. The molecule has 0 saturated heterocycles. The molecule has 160 valence electrons. The minimum Gasteiger partial charge on any atom is -0.446 e. The molecule has 0 fully saturated rings. The van der Waals surface area contributed by atoms with E-state index < -0.39 is 16.2 Å². The molecule has 2 aromatic carbocycles. The predicted octanol–water partition coefficient (Wildman–Crippen LogP) is 1.85. The first-order valence-electron chi connectivity index (χ1n) is 9.76.